The molecule has 0 aliphatic carbocycles. The highest BCUT2D eigenvalue weighted by Gasteiger charge is 1.82. The zero-order chi connectivity index (χ0) is 4.99. The minimum Gasteiger partial charge on any atom is -0.465 e. The topological polar surface area (TPSA) is 80.8 Å². The van der Waals surface area contributed by atoms with Crippen molar-refractivity contribution in [2.45, 2.75) is 6.92 Å². The molecular formula is C3H9NO3. The van der Waals surface area contributed by atoms with Crippen molar-refractivity contribution in [2.24, 2.45) is 0 Å². The van der Waals surface area contributed by atoms with Gasteiger partial charge >= 0.3 is 6.09 Å². The minimum atomic E-state index is -0.961. The summed E-state index contributed by atoms with van der Waals surface area (Å²) in [5.74, 6) is 0. The molecule has 4 nitrogen and oxygen atoms in total. The van der Waals surface area contributed by atoms with Crippen LogP contribution in [0.1, 0.15) is 6.92 Å². The van der Waals surface area contributed by atoms with Crippen LogP contribution in [0.3, 0.4) is 0 Å². The third-order valence-electron chi connectivity index (χ3n) is 0.328. The molecule has 0 atom stereocenters. The first kappa shape index (κ1) is 9.52. The van der Waals surface area contributed by atoms with E-state index in [1.807, 2.05) is 0 Å². The highest BCUT2D eigenvalue weighted by atomic mass is 16.4. The van der Waals surface area contributed by atoms with Gasteiger partial charge in [0.2, 0.25) is 0 Å². The largest absolute Gasteiger partial charge is 0.465 e. The fourth-order valence-electron chi connectivity index (χ4n) is 0.151. The van der Waals surface area contributed by atoms with Crippen LogP contribution < -0.4 is 5.32 Å². The summed E-state index contributed by atoms with van der Waals surface area (Å²) in [6, 6.07) is 0. The quantitative estimate of drug-likeness (QED) is 0.471. The van der Waals surface area contributed by atoms with Crippen molar-refractivity contribution in [1.82, 2.24) is 5.32 Å². The molecule has 0 aromatic heterocycles. The summed E-state index contributed by atoms with van der Waals surface area (Å²) in [6.07, 6.45) is -0.961. The summed E-state index contributed by atoms with van der Waals surface area (Å²) in [6.45, 7) is 2.21. The Morgan fingerprint density at radius 2 is 2.29 bits per heavy atom. The van der Waals surface area contributed by atoms with E-state index in [2.05, 4.69) is 5.32 Å². The Balaban J connectivity index is 0. The maximum atomic E-state index is 9.49. The molecule has 7 heavy (non-hydrogen) atoms. The van der Waals surface area contributed by atoms with Gasteiger partial charge in [0.05, 0.1) is 0 Å². The molecule has 0 saturated carbocycles. The van der Waals surface area contributed by atoms with E-state index in [0.717, 1.165) is 0 Å². The van der Waals surface area contributed by atoms with Crippen molar-refractivity contribution in [1.29, 1.82) is 0 Å². The monoisotopic (exact) mass is 107 g/mol. The summed E-state index contributed by atoms with van der Waals surface area (Å²) in [5.41, 5.74) is 0. The third-order valence-corrected chi connectivity index (χ3v) is 0.328. The van der Waals surface area contributed by atoms with Crippen LogP contribution in [0.2, 0.25) is 0 Å². The fourth-order valence-corrected chi connectivity index (χ4v) is 0.151. The number of carboxylic acid groups (broad SMARTS) is 1. The van der Waals surface area contributed by atoms with Gasteiger partial charge in [-0.2, -0.15) is 0 Å². The zero-order valence-electron chi connectivity index (χ0n) is 4.06. The first-order valence-corrected chi connectivity index (χ1v) is 1.74. The van der Waals surface area contributed by atoms with Crippen molar-refractivity contribution < 1.29 is 15.4 Å². The number of nitrogens with one attached hydrogen (secondary N) is 1. The van der Waals surface area contributed by atoms with Crippen LogP contribution in [0.4, 0.5) is 4.79 Å². The lowest BCUT2D eigenvalue weighted by Gasteiger charge is -1.87. The third kappa shape index (κ3) is 11.0. The smallest absolute Gasteiger partial charge is 0.404 e. The number of hydrogen-bond donors (Lipinski definition) is 2. The number of rotatable bonds is 1. The van der Waals surface area contributed by atoms with Crippen molar-refractivity contribution in [2.75, 3.05) is 6.54 Å². The van der Waals surface area contributed by atoms with Crippen molar-refractivity contribution >= 4 is 6.09 Å². The average Bonchev–Trinajstić information content (AvgIpc) is 1.35. The molecule has 0 aromatic carbocycles. The van der Waals surface area contributed by atoms with E-state index in [4.69, 9.17) is 5.11 Å². The fraction of sp³-hybridized carbons (Fsp3) is 0.667. The molecule has 0 spiro atoms. The van der Waals surface area contributed by atoms with Gasteiger partial charge in [-0.3, -0.25) is 0 Å². The van der Waals surface area contributed by atoms with Crippen LogP contribution in [-0.4, -0.2) is 23.2 Å². The summed E-state index contributed by atoms with van der Waals surface area (Å²) in [7, 11) is 0. The Hall–Kier alpha value is -0.770. The molecule has 1 amide bonds. The van der Waals surface area contributed by atoms with Crippen LogP contribution in [-0.2, 0) is 0 Å². The van der Waals surface area contributed by atoms with Gasteiger partial charge in [0.1, 0.15) is 0 Å². The molecule has 0 fully saturated rings. The van der Waals surface area contributed by atoms with Gasteiger partial charge in [-0.15, -0.1) is 0 Å². The van der Waals surface area contributed by atoms with E-state index in [0.29, 0.717) is 6.54 Å². The van der Waals surface area contributed by atoms with E-state index in [1.165, 1.54) is 0 Å². The van der Waals surface area contributed by atoms with Gasteiger partial charge in [0, 0.05) is 6.54 Å². The predicted octanol–water partition coefficient (Wildman–Crippen LogP) is -0.551. The Morgan fingerprint density at radius 3 is 2.29 bits per heavy atom. The maximum Gasteiger partial charge on any atom is 0.404 e. The van der Waals surface area contributed by atoms with Crippen LogP contribution >= 0.6 is 0 Å². The Labute approximate surface area is 41.5 Å². The lowest BCUT2D eigenvalue weighted by atomic mass is 10.8. The van der Waals surface area contributed by atoms with E-state index in [-0.39, 0.29) is 5.48 Å². The molecule has 4 N–H and O–H groups in total. The molecule has 0 aliphatic rings. The maximum absolute atomic E-state index is 9.49. The number of amides is 1. The second-order valence-corrected chi connectivity index (χ2v) is 0.835. The average molecular weight is 107 g/mol. The molecule has 0 aliphatic heterocycles. The Kier molecular flexibility index (Phi) is 7.12. The molecule has 0 saturated heterocycles. The van der Waals surface area contributed by atoms with Gasteiger partial charge in [0.25, 0.3) is 0 Å². The van der Waals surface area contributed by atoms with E-state index in [9.17, 15) is 4.79 Å². The van der Waals surface area contributed by atoms with Crippen molar-refractivity contribution in [3.8, 4) is 0 Å². The van der Waals surface area contributed by atoms with Crippen LogP contribution in [0.25, 0.3) is 0 Å². The first-order chi connectivity index (χ1) is 2.77. The lowest BCUT2D eigenvalue weighted by molar-refractivity contribution is 0.195. The minimum absolute atomic E-state index is 0. The summed E-state index contributed by atoms with van der Waals surface area (Å²) in [4.78, 5) is 9.49. The molecule has 0 unspecified atom stereocenters. The van der Waals surface area contributed by atoms with Gasteiger partial charge < -0.3 is 15.9 Å². The summed E-state index contributed by atoms with van der Waals surface area (Å²) in [5, 5.41) is 9.93. The summed E-state index contributed by atoms with van der Waals surface area (Å²) >= 11 is 0. The van der Waals surface area contributed by atoms with Crippen molar-refractivity contribution in [3.05, 3.63) is 0 Å². The molecule has 0 bridgehead atoms. The van der Waals surface area contributed by atoms with Crippen LogP contribution in [0.15, 0.2) is 0 Å². The zero-order valence-corrected chi connectivity index (χ0v) is 4.06. The van der Waals surface area contributed by atoms with E-state index >= 15 is 0 Å². The highest BCUT2D eigenvalue weighted by molar-refractivity contribution is 5.64. The molecular weight excluding hydrogens is 98.0 g/mol. The Bertz CT molecular complexity index is 54.1. The van der Waals surface area contributed by atoms with Crippen LogP contribution in [0, 0.1) is 0 Å². The molecule has 0 radical (unpaired) electrons. The normalized spacial score (nSPS) is 6.43. The first-order valence-electron chi connectivity index (χ1n) is 1.74. The molecule has 0 aromatic rings. The molecule has 44 valence electrons. The Morgan fingerprint density at radius 1 is 1.86 bits per heavy atom. The van der Waals surface area contributed by atoms with E-state index in [1.54, 1.807) is 6.92 Å². The SMILES string of the molecule is CCNC(=O)O.O. The summed E-state index contributed by atoms with van der Waals surface area (Å²) < 4.78 is 0. The number of carbonyl (C=O) groups is 1. The second kappa shape index (κ2) is 5.23. The van der Waals surface area contributed by atoms with Crippen molar-refractivity contribution in [3.63, 3.8) is 0 Å². The van der Waals surface area contributed by atoms with Crippen LogP contribution in [0.5, 0.6) is 0 Å². The highest BCUT2D eigenvalue weighted by Crippen LogP contribution is 1.54. The van der Waals surface area contributed by atoms with Gasteiger partial charge in [-0.05, 0) is 6.92 Å². The predicted molar refractivity (Wildman–Crippen MR) is 25.3 cm³/mol. The standard InChI is InChI=1S/C3H7NO2.H2O/c1-2-4-3(5)6;/h4H,2H2,1H3,(H,5,6);1H2. The lowest BCUT2D eigenvalue weighted by Crippen LogP contribution is -2.19. The van der Waals surface area contributed by atoms with Gasteiger partial charge in [0.15, 0.2) is 0 Å². The molecule has 0 heterocycles. The molecule has 4 heteroatoms. The van der Waals surface area contributed by atoms with Gasteiger partial charge in [-0.1, -0.05) is 0 Å². The molecule has 0 rings (SSSR count). The number of hydrogen-bond acceptors (Lipinski definition) is 1. The van der Waals surface area contributed by atoms with Gasteiger partial charge in [-0.25, -0.2) is 4.79 Å². The second-order valence-electron chi connectivity index (χ2n) is 0.835. The van der Waals surface area contributed by atoms with E-state index < -0.39 is 6.09 Å².